The highest BCUT2D eigenvalue weighted by atomic mass is 35.5. The number of ether oxygens (including phenoxy) is 1. The van der Waals surface area contributed by atoms with Crippen LogP contribution in [0.25, 0.3) is 0 Å². The van der Waals surface area contributed by atoms with Crippen LogP contribution in [0.2, 0.25) is 0 Å². The fraction of sp³-hybridized carbons (Fsp3) is 0.611. The van der Waals surface area contributed by atoms with Crippen molar-refractivity contribution in [2.24, 2.45) is 0 Å². The summed E-state index contributed by atoms with van der Waals surface area (Å²) < 4.78 is 4.94. The lowest BCUT2D eigenvalue weighted by molar-refractivity contribution is -0.115. The van der Waals surface area contributed by atoms with Gasteiger partial charge in [-0.15, -0.1) is 24.2 Å². The van der Waals surface area contributed by atoms with Crippen molar-refractivity contribution < 1.29 is 9.53 Å². The molecule has 1 fully saturated rings. The summed E-state index contributed by atoms with van der Waals surface area (Å²) in [5, 5.41) is 6.77. The molecule has 0 heterocycles. The largest absolute Gasteiger partial charge is 0.383 e. The molecule has 0 aliphatic heterocycles. The topological polar surface area (TPSA) is 50.4 Å². The molecule has 4 nitrogen and oxygen atoms in total. The highest BCUT2D eigenvalue weighted by Crippen LogP contribution is 2.34. The molecule has 1 saturated carbocycles. The molecule has 24 heavy (non-hydrogen) atoms. The van der Waals surface area contributed by atoms with E-state index < -0.39 is 0 Å². The van der Waals surface area contributed by atoms with Gasteiger partial charge in [-0.1, -0.05) is 19.3 Å². The number of amides is 1. The number of rotatable bonds is 8. The molecule has 0 saturated heterocycles. The van der Waals surface area contributed by atoms with Gasteiger partial charge in [0, 0.05) is 29.5 Å². The molecule has 0 aromatic heterocycles. The van der Waals surface area contributed by atoms with E-state index in [1.54, 1.807) is 7.11 Å². The first-order valence-corrected chi connectivity index (χ1v) is 9.34. The SMILES string of the molecule is COCCNCC(=O)Nc1ccc(SC2CCCCC2)cc1C.Cl. The molecule has 1 amide bonds. The van der Waals surface area contributed by atoms with Crippen LogP contribution >= 0.6 is 24.2 Å². The van der Waals surface area contributed by atoms with E-state index >= 15 is 0 Å². The van der Waals surface area contributed by atoms with Crippen molar-refractivity contribution in [3.05, 3.63) is 23.8 Å². The molecule has 6 heteroatoms. The Balaban J connectivity index is 0.00000288. The lowest BCUT2D eigenvalue weighted by Gasteiger charge is -2.21. The molecule has 1 aromatic carbocycles. The van der Waals surface area contributed by atoms with Gasteiger partial charge < -0.3 is 15.4 Å². The molecular weight excluding hydrogens is 344 g/mol. The third-order valence-electron chi connectivity index (χ3n) is 4.10. The first-order chi connectivity index (χ1) is 11.2. The van der Waals surface area contributed by atoms with E-state index in [2.05, 4.69) is 29.7 Å². The molecule has 0 unspecified atom stereocenters. The summed E-state index contributed by atoms with van der Waals surface area (Å²) in [7, 11) is 1.65. The average Bonchev–Trinajstić information content (AvgIpc) is 2.55. The van der Waals surface area contributed by atoms with Crippen molar-refractivity contribution in [2.45, 2.75) is 49.2 Å². The van der Waals surface area contributed by atoms with Crippen LogP contribution in [-0.4, -0.2) is 38.0 Å². The van der Waals surface area contributed by atoms with Crippen molar-refractivity contribution in [3.8, 4) is 0 Å². The van der Waals surface area contributed by atoms with Crippen LogP contribution in [-0.2, 0) is 9.53 Å². The van der Waals surface area contributed by atoms with Gasteiger partial charge in [0.2, 0.25) is 5.91 Å². The third kappa shape index (κ3) is 7.43. The normalized spacial score (nSPS) is 14.9. The fourth-order valence-electron chi connectivity index (χ4n) is 2.80. The number of nitrogens with one attached hydrogen (secondary N) is 2. The minimum Gasteiger partial charge on any atom is -0.383 e. The summed E-state index contributed by atoms with van der Waals surface area (Å²) in [4.78, 5) is 13.2. The Bertz CT molecular complexity index is 508. The molecule has 0 bridgehead atoms. The number of benzene rings is 1. The molecule has 2 N–H and O–H groups in total. The van der Waals surface area contributed by atoms with Crippen LogP contribution in [0.3, 0.4) is 0 Å². The summed E-state index contributed by atoms with van der Waals surface area (Å²) in [6.45, 7) is 3.65. The Morgan fingerprint density at radius 2 is 2.04 bits per heavy atom. The minimum absolute atomic E-state index is 0. The van der Waals surface area contributed by atoms with Crippen LogP contribution in [0.4, 0.5) is 5.69 Å². The first kappa shape index (κ1) is 21.3. The summed E-state index contributed by atoms with van der Waals surface area (Å²) >= 11 is 1.99. The summed E-state index contributed by atoms with van der Waals surface area (Å²) in [5.74, 6) is -0.0168. The van der Waals surface area contributed by atoms with Crippen molar-refractivity contribution in [1.82, 2.24) is 5.32 Å². The lowest BCUT2D eigenvalue weighted by Crippen LogP contribution is -2.30. The molecule has 1 aromatic rings. The van der Waals surface area contributed by atoms with Crippen molar-refractivity contribution in [1.29, 1.82) is 0 Å². The Morgan fingerprint density at radius 1 is 1.29 bits per heavy atom. The van der Waals surface area contributed by atoms with E-state index in [1.165, 1.54) is 37.0 Å². The van der Waals surface area contributed by atoms with E-state index in [1.807, 2.05) is 17.8 Å². The third-order valence-corrected chi connectivity index (χ3v) is 5.43. The van der Waals surface area contributed by atoms with Gasteiger partial charge in [-0.2, -0.15) is 0 Å². The van der Waals surface area contributed by atoms with Crippen LogP contribution in [0, 0.1) is 6.92 Å². The maximum absolute atomic E-state index is 11.9. The van der Waals surface area contributed by atoms with Gasteiger partial charge in [0.05, 0.1) is 13.2 Å². The first-order valence-electron chi connectivity index (χ1n) is 8.46. The number of thioether (sulfide) groups is 1. The van der Waals surface area contributed by atoms with Gasteiger partial charge in [-0.25, -0.2) is 0 Å². The summed E-state index contributed by atoms with van der Waals surface area (Å²) in [6, 6.07) is 6.33. The number of hydrogen-bond donors (Lipinski definition) is 2. The molecule has 0 radical (unpaired) electrons. The van der Waals surface area contributed by atoms with Gasteiger partial charge >= 0.3 is 0 Å². The number of carbonyl (C=O) groups excluding carboxylic acids is 1. The maximum atomic E-state index is 11.9. The van der Waals surface area contributed by atoms with Gasteiger partial charge in [0.1, 0.15) is 0 Å². The van der Waals surface area contributed by atoms with Crippen LogP contribution in [0.15, 0.2) is 23.1 Å². The molecule has 2 rings (SSSR count). The second-order valence-electron chi connectivity index (χ2n) is 6.07. The highest BCUT2D eigenvalue weighted by Gasteiger charge is 2.15. The van der Waals surface area contributed by atoms with Crippen LogP contribution < -0.4 is 10.6 Å². The van der Waals surface area contributed by atoms with E-state index in [-0.39, 0.29) is 18.3 Å². The predicted molar refractivity (Wildman–Crippen MR) is 105 cm³/mol. The van der Waals surface area contributed by atoms with Crippen molar-refractivity contribution >= 4 is 35.8 Å². The van der Waals surface area contributed by atoms with Crippen LogP contribution in [0.1, 0.15) is 37.7 Å². The molecule has 1 aliphatic carbocycles. The number of halogens is 1. The smallest absolute Gasteiger partial charge is 0.238 e. The Hall–Kier alpha value is -0.750. The van der Waals surface area contributed by atoms with E-state index in [0.29, 0.717) is 19.7 Å². The second kappa shape index (κ2) is 11.7. The summed E-state index contributed by atoms with van der Waals surface area (Å²) in [5.41, 5.74) is 2.02. The van der Waals surface area contributed by atoms with Crippen LogP contribution in [0.5, 0.6) is 0 Å². The number of aryl methyl sites for hydroxylation is 1. The maximum Gasteiger partial charge on any atom is 0.238 e. The zero-order chi connectivity index (χ0) is 16.5. The van der Waals surface area contributed by atoms with Gasteiger partial charge in [-0.05, 0) is 43.5 Å². The lowest BCUT2D eigenvalue weighted by atomic mass is 10.0. The predicted octanol–water partition coefficient (Wildman–Crippen LogP) is 4.02. The zero-order valence-corrected chi connectivity index (χ0v) is 16.2. The minimum atomic E-state index is -0.0168. The number of anilines is 1. The molecule has 1 aliphatic rings. The molecule has 0 atom stereocenters. The number of hydrogen-bond acceptors (Lipinski definition) is 4. The Labute approximate surface area is 155 Å². The molecular formula is C18H29ClN2O2S. The van der Waals surface area contributed by atoms with E-state index in [9.17, 15) is 4.79 Å². The highest BCUT2D eigenvalue weighted by molar-refractivity contribution is 8.00. The van der Waals surface area contributed by atoms with E-state index in [4.69, 9.17) is 4.74 Å². The monoisotopic (exact) mass is 372 g/mol. The summed E-state index contributed by atoms with van der Waals surface area (Å²) in [6.07, 6.45) is 6.77. The van der Waals surface area contributed by atoms with Gasteiger partial charge in [0.15, 0.2) is 0 Å². The van der Waals surface area contributed by atoms with Gasteiger partial charge in [0.25, 0.3) is 0 Å². The van der Waals surface area contributed by atoms with Crippen molar-refractivity contribution in [2.75, 3.05) is 32.1 Å². The quantitative estimate of drug-likeness (QED) is 0.677. The van der Waals surface area contributed by atoms with Crippen molar-refractivity contribution in [3.63, 3.8) is 0 Å². The Kier molecular flexibility index (Phi) is 10.4. The fourth-order valence-corrected chi connectivity index (χ4v) is 4.14. The average molecular weight is 373 g/mol. The Morgan fingerprint density at radius 3 is 2.71 bits per heavy atom. The number of carbonyl (C=O) groups is 1. The second-order valence-corrected chi connectivity index (χ2v) is 7.45. The van der Waals surface area contributed by atoms with E-state index in [0.717, 1.165) is 16.5 Å². The molecule has 136 valence electrons. The number of methoxy groups -OCH3 is 1. The molecule has 0 spiro atoms. The standard InChI is InChI=1S/C18H28N2O2S.ClH/c1-14-12-16(23-15-6-4-3-5-7-15)8-9-17(14)20-18(21)13-19-10-11-22-2;/h8-9,12,15,19H,3-7,10-11,13H2,1-2H3,(H,20,21);1H. The van der Waals surface area contributed by atoms with Gasteiger partial charge in [-0.3, -0.25) is 4.79 Å². The zero-order valence-electron chi connectivity index (χ0n) is 14.6.